The van der Waals surface area contributed by atoms with Crippen molar-refractivity contribution >= 4 is 0 Å². The smallest absolute Gasteiger partial charge is 0.0723 e. The van der Waals surface area contributed by atoms with Gasteiger partial charge in [0.05, 0.1) is 5.69 Å². The number of hydrogen-bond acceptors (Lipinski definition) is 2. The van der Waals surface area contributed by atoms with Crippen LogP contribution < -0.4 is 0 Å². The first-order valence-electron chi connectivity index (χ1n) is 5.46. The minimum Gasteiger partial charge on any atom is -0.258 e. The maximum Gasteiger partial charge on any atom is 0.0723 e. The Hall–Kier alpha value is -1.70. The van der Waals surface area contributed by atoms with E-state index in [9.17, 15) is 0 Å². The van der Waals surface area contributed by atoms with Crippen molar-refractivity contribution in [2.45, 2.75) is 27.7 Å². The lowest BCUT2D eigenvalue weighted by Crippen LogP contribution is -1.96. The molecule has 0 bridgehead atoms. The molecule has 2 heterocycles. The zero-order valence-corrected chi connectivity index (χ0v) is 10.2. The van der Waals surface area contributed by atoms with Gasteiger partial charge in [-0.15, -0.1) is 0 Å². The number of aromatic nitrogens is 2. The molecule has 0 saturated heterocycles. The number of pyridine rings is 2. The maximum atomic E-state index is 4.49. The van der Waals surface area contributed by atoms with Gasteiger partial charge < -0.3 is 0 Å². The summed E-state index contributed by atoms with van der Waals surface area (Å²) in [4.78, 5) is 8.95. The predicted octanol–water partition coefficient (Wildman–Crippen LogP) is 3.38. The third-order valence-corrected chi connectivity index (χ3v) is 2.69. The lowest BCUT2D eigenvalue weighted by atomic mass is 10.0. The minimum absolute atomic E-state index is 1.01. The Morgan fingerprint density at radius 2 is 1.75 bits per heavy atom. The molecule has 0 fully saturated rings. The molecule has 2 aromatic rings. The molecule has 82 valence electrons. The molecule has 0 spiro atoms. The average molecular weight is 212 g/mol. The number of hydrogen-bond donors (Lipinski definition) is 0. The highest BCUT2D eigenvalue weighted by Gasteiger charge is 2.08. The Morgan fingerprint density at radius 1 is 1.00 bits per heavy atom. The summed E-state index contributed by atoms with van der Waals surface area (Å²) in [6.45, 7) is 8.21. The summed E-state index contributed by atoms with van der Waals surface area (Å²) < 4.78 is 0. The van der Waals surface area contributed by atoms with Gasteiger partial charge in [-0.05, 0) is 51.0 Å². The molecule has 0 aliphatic heterocycles. The second-order valence-electron chi connectivity index (χ2n) is 4.26. The van der Waals surface area contributed by atoms with Crippen LogP contribution in [0.25, 0.3) is 11.3 Å². The van der Waals surface area contributed by atoms with Gasteiger partial charge >= 0.3 is 0 Å². The van der Waals surface area contributed by atoms with E-state index in [1.807, 2.05) is 27.0 Å². The Labute approximate surface area is 96.4 Å². The van der Waals surface area contributed by atoms with Gasteiger partial charge in [-0.3, -0.25) is 9.97 Å². The SMILES string of the molecule is Cc1ccc(-c2c(C)cc(C)nc2C)nc1. The molecular formula is C14H16N2. The zero-order chi connectivity index (χ0) is 11.7. The molecular weight excluding hydrogens is 196 g/mol. The van der Waals surface area contributed by atoms with Crippen molar-refractivity contribution in [2.75, 3.05) is 0 Å². The third kappa shape index (κ3) is 1.96. The molecule has 0 aliphatic carbocycles. The third-order valence-electron chi connectivity index (χ3n) is 2.69. The zero-order valence-electron chi connectivity index (χ0n) is 10.2. The monoisotopic (exact) mass is 212 g/mol. The van der Waals surface area contributed by atoms with Crippen molar-refractivity contribution in [1.82, 2.24) is 9.97 Å². The van der Waals surface area contributed by atoms with Crippen LogP contribution in [0.5, 0.6) is 0 Å². The molecule has 2 rings (SSSR count). The van der Waals surface area contributed by atoms with Crippen LogP contribution in [-0.2, 0) is 0 Å². The van der Waals surface area contributed by atoms with Gasteiger partial charge in [0, 0.05) is 23.1 Å². The second kappa shape index (κ2) is 4.05. The number of rotatable bonds is 1. The van der Waals surface area contributed by atoms with E-state index < -0.39 is 0 Å². The molecule has 0 unspecified atom stereocenters. The highest BCUT2D eigenvalue weighted by Crippen LogP contribution is 2.24. The van der Waals surface area contributed by atoms with Crippen LogP contribution >= 0.6 is 0 Å². The minimum atomic E-state index is 1.01. The van der Waals surface area contributed by atoms with E-state index >= 15 is 0 Å². The summed E-state index contributed by atoms with van der Waals surface area (Å²) in [5.41, 5.74) is 6.69. The van der Waals surface area contributed by atoms with Gasteiger partial charge in [-0.25, -0.2) is 0 Å². The number of nitrogens with zero attached hydrogens (tertiary/aromatic N) is 2. The van der Waals surface area contributed by atoms with Crippen molar-refractivity contribution in [1.29, 1.82) is 0 Å². The highest BCUT2D eigenvalue weighted by molar-refractivity contribution is 5.66. The van der Waals surface area contributed by atoms with Gasteiger partial charge in [0.15, 0.2) is 0 Å². The van der Waals surface area contributed by atoms with E-state index in [4.69, 9.17) is 0 Å². The van der Waals surface area contributed by atoms with Crippen LogP contribution in [0.3, 0.4) is 0 Å². The molecule has 0 aromatic carbocycles. The highest BCUT2D eigenvalue weighted by atomic mass is 14.7. The molecule has 0 radical (unpaired) electrons. The van der Waals surface area contributed by atoms with Crippen molar-refractivity contribution in [2.24, 2.45) is 0 Å². The summed E-state index contributed by atoms with van der Waals surface area (Å²) in [5.74, 6) is 0. The standard InChI is InChI=1S/C14H16N2/c1-9-5-6-13(15-8-9)14-10(2)7-11(3)16-12(14)4/h5-8H,1-4H3. The van der Waals surface area contributed by atoms with E-state index in [1.165, 1.54) is 11.1 Å². The Balaban J connectivity index is 2.60. The molecule has 0 saturated carbocycles. The van der Waals surface area contributed by atoms with Gasteiger partial charge in [0.2, 0.25) is 0 Å². The van der Waals surface area contributed by atoms with E-state index in [0.29, 0.717) is 0 Å². The van der Waals surface area contributed by atoms with Crippen molar-refractivity contribution < 1.29 is 0 Å². The molecule has 2 nitrogen and oxygen atoms in total. The second-order valence-corrected chi connectivity index (χ2v) is 4.26. The summed E-state index contributed by atoms with van der Waals surface area (Å²) >= 11 is 0. The van der Waals surface area contributed by atoms with Crippen molar-refractivity contribution in [3.63, 3.8) is 0 Å². The van der Waals surface area contributed by atoms with Gasteiger partial charge in [0.1, 0.15) is 0 Å². The summed E-state index contributed by atoms with van der Waals surface area (Å²) in [5, 5.41) is 0. The first kappa shape index (κ1) is 10.8. The lowest BCUT2D eigenvalue weighted by Gasteiger charge is -2.09. The normalized spacial score (nSPS) is 10.5. The molecule has 0 aliphatic rings. The maximum absolute atomic E-state index is 4.49. The van der Waals surface area contributed by atoms with Crippen molar-refractivity contribution in [3.05, 3.63) is 46.9 Å². The van der Waals surface area contributed by atoms with Gasteiger partial charge in [-0.2, -0.15) is 0 Å². The molecule has 2 aromatic heterocycles. The van der Waals surface area contributed by atoms with Crippen LogP contribution in [0.15, 0.2) is 24.4 Å². The predicted molar refractivity (Wildman–Crippen MR) is 66.4 cm³/mol. The number of aryl methyl sites for hydroxylation is 4. The molecule has 0 amide bonds. The van der Waals surface area contributed by atoms with Crippen LogP contribution in [0.2, 0.25) is 0 Å². The topological polar surface area (TPSA) is 25.8 Å². The van der Waals surface area contributed by atoms with E-state index in [1.54, 1.807) is 0 Å². The first-order valence-corrected chi connectivity index (χ1v) is 5.46. The van der Waals surface area contributed by atoms with Gasteiger partial charge in [0.25, 0.3) is 0 Å². The lowest BCUT2D eigenvalue weighted by molar-refractivity contribution is 1.10. The van der Waals surface area contributed by atoms with E-state index in [2.05, 4.69) is 35.1 Å². The quantitative estimate of drug-likeness (QED) is 0.724. The van der Waals surface area contributed by atoms with Crippen LogP contribution in [0.1, 0.15) is 22.5 Å². The fourth-order valence-electron chi connectivity index (χ4n) is 2.03. The Morgan fingerprint density at radius 3 is 2.31 bits per heavy atom. The van der Waals surface area contributed by atoms with Crippen LogP contribution in [0.4, 0.5) is 0 Å². The Kier molecular flexibility index (Phi) is 2.73. The molecule has 0 atom stereocenters. The fraction of sp³-hybridized carbons (Fsp3) is 0.286. The van der Waals surface area contributed by atoms with E-state index in [-0.39, 0.29) is 0 Å². The largest absolute Gasteiger partial charge is 0.258 e. The van der Waals surface area contributed by atoms with Gasteiger partial charge in [-0.1, -0.05) is 6.07 Å². The van der Waals surface area contributed by atoms with Crippen LogP contribution in [0, 0.1) is 27.7 Å². The first-order chi connectivity index (χ1) is 7.58. The summed E-state index contributed by atoms with van der Waals surface area (Å²) in [6.07, 6.45) is 1.90. The average Bonchev–Trinajstić information content (AvgIpc) is 2.19. The van der Waals surface area contributed by atoms with Crippen molar-refractivity contribution in [3.8, 4) is 11.3 Å². The molecule has 0 N–H and O–H groups in total. The molecule has 2 heteroatoms. The summed E-state index contributed by atoms with van der Waals surface area (Å²) in [7, 11) is 0. The van der Waals surface area contributed by atoms with Crippen LogP contribution in [-0.4, -0.2) is 9.97 Å². The van der Waals surface area contributed by atoms with E-state index in [0.717, 1.165) is 22.6 Å². The summed E-state index contributed by atoms with van der Waals surface area (Å²) in [6, 6.07) is 6.24. The molecule has 16 heavy (non-hydrogen) atoms. The Bertz CT molecular complexity index is 490. The fourth-order valence-corrected chi connectivity index (χ4v) is 2.03.